The highest BCUT2D eigenvalue weighted by Crippen LogP contribution is 2.19. The van der Waals surface area contributed by atoms with E-state index in [2.05, 4.69) is 64.2 Å². The lowest BCUT2D eigenvalue weighted by Crippen LogP contribution is -2.37. The molecule has 1 unspecified atom stereocenters. The smallest absolute Gasteiger partial charge is 0.0746 e. The lowest BCUT2D eigenvalue weighted by atomic mass is 9.99. The third-order valence-electron chi connectivity index (χ3n) is 3.49. The molecule has 2 heteroatoms. The molecule has 0 amide bonds. The Morgan fingerprint density at radius 3 is 2.00 bits per heavy atom. The third-order valence-corrected chi connectivity index (χ3v) is 3.49. The average molecular weight is 249 g/mol. The van der Waals surface area contributed by atoms with E-state index in [1.165, 1.54) is 11.1 Å². The van der Waals surface area contributed by atoms with Crippen LogP contribution in [0.5, 0.6) is 0 Å². The Labute approximate surface area is 112 Å². The molecule has 1 N–H and O–H groups in total. The Morgan fingerprint density at radius 2 is 1.56 bits per heavy atom. The molecule has 0 aliphatic rings. The van der Waals surface area contributed by atoms with Crippen molar-refractivity contribution < 1.29 is 4.74 Å². The van der Waals surface area contributed by atoms with Crippen LogP contribution in [0.3, 0.4) is 0 Å². The molecular weight excluding hydrogens is 222 g/mol. The predicted octanol–water partition coefficient (Wildman–Crippen LogP) is 3.89. The molecule has 1 aromatic rings. The van der Waals surface area contributed by atoms with Gasteiger partial charge in [-0.25, -0.2) is 0 Å². The summed E-state index contributed by atoms with van der Waals surface area (Å²) in [5, 5.41) is 3.51. The standard InChI is InChI=1S/C16H27NO/c1-12(2)14-7-9-15(10-8-14)13(3)17-11-16(4,5)18-6/h7-10,12-13,17H,11H2,1-6H3. The lowest BCUT2D eigenvalue weighted by molar-refractivity contribution is 0.0214. The molecule has 0 fully saturated rings. The van der Waals surface area contributed by atoms with Gasteiger partial charge in [0.2, 0.25) is 0 Å². The first-order valence-corrected chi connectivity index (χ1v) is 6.74. The number of ether oxygens (including phenoxy) is 1. The third kappa shape index (κ3) is 4.43. The molecule has 0 saturated carbocycles. The molecule has 1 rings (SSSR count). The van der Waals surface area contributed by atoms with E-state index in [4.69, 9.17) is 4.74 Å². The summed E-state index contributed by atoms with van der Waals surface area (Å²) >= 11 is 0. The Balaban J connectivity index is 2.59. The summed E-state index contributed by atoms with van der Waals surface area (Å²) in [6.07, 6.45) is 0. The number of methoxy groups -OCH3 is 1. The maximum absolute atomic E-state index is 5.41. The van der Waals surface area contributed by atoms with E-state index in [0.29, 0.717) is 12.0 Å². The van der Waals surface area contributed by atoms with E-state index >= 15 is 0 Å². The lowest BCUT2D eigenvalue weighted by Gasteiger charge is -2.26. The van der Waals surface area contributed by atoms with Crippen molar-refractivity contribution in [2.24, 2.45) is 0 Å². The molecule has 102 valence electrons. The van der Waals surface area contributed by atoms with Gasteiger partial charge in [0.25, 0.3) is 0 Å². The van der Waals surface area contributed by atoms with Crippen LogP contribution in [0.2, 0.25) is 0 Å². The summed E-state index contributed by atoms with van der Waals surface area (Å²) in [6, 6.07) is 9.22. The fourth-order valence-electron chi connectivity index (χ4n) is 1.76. The molecule has 18 heavy (non-hydrogen) atoms. The first-order valence-electron chi connectivity index (χ1n) is 6.74. The van der Waals surface area contributed by atoms with Crippen molar-refractivity contribution >= 4 is 0 Å². The number of hydrogen-bond donors (Lipinski definition) is 1. The van der Waals surface area contributed by atoms with Crippen molar-refractivity contribution in [2.45, 2.75) is 52.2 Å². The molecule has 0 aliphatic carbocycles. The van der Waals surface area contributed by atoms with Crippen molar-refractivity contribution in [1.29, 1.82) is 0 Å². The molecule has 0 aromatic heterocycles. The highest BCUT2D eigenvalue weighted by atomic mass is 16.5. The van der Waals surface area contributed by atoms with E-state index in [9.17, 15) is 0 Å². The summed E-state index contributed by atoms with van der Waals surface area (Å²) in [4.78, 5) is 0. The minimum Gasteiger partial charge on any atom is -0.377 e. The molecule has 2 nitrogen and oxygen atoms in total. The molecular formula is C16H27NO. The second-order valence-electron chi connectivity index (χ2n) is 5.89. The second kappa shape index (κ2) is 6.35. The molecule has 0 saturated heterocycles. The Morgan fingerprint density at radius 1 is 1.06 bits per heavy atom. The molecule has 0 bridgehead atoms. The molecule has 1 atom stereocenters. The van der Waals surface area contributed by atoms with Crippen LogP contribution in [0.15, 0.2) is 24.3 Å². The van der Waals surface area contributed by atoms with Gasteiger partial charge < -0.3 is 10.1 Å². The first-order chi connectivity index (χ1) is 8.35. The fourth-order valence-corrected chi connectivity index (χ4v) is 1.76. The van der Waals surface area contributed by atoms with Crippen LogP contribution in [0, 0.1) is 0 Å². The molecule has 1 aromatic carbocycles. The van der Waals surface area contributed by atoms with E-state index in [1.807, 2.05) is 0 Å². The van der Waals surface area contributed by atoms with E-state index in [0.717, 1.165) is 6.54 Å². The van der Waals surface area contributed by atoms with Crippen LogP contribution in [-0.2, 0) is 4.74 Å². The number of nitrogens with one attached hydrogen (secondary N) is 1. The summed E-state index contributed by atoms with van der Waals surface area (Å²) in [6.45, 7) is 11.7. The Bertz CT molecular complexity index is 354. The van der Waals surface area contributed by atoms with Gasteiger partial charge in [-0.05, 0) is 37.8 Å². The van der Waals surface area contributed by atoms with Gasteiger partial charge in [-0.2, -0.15) is 0 Å². The van der Waals surface area contributed by atoms with E-state index in [-0.39, 0.29) is 5.60 Å². The highest BCUT2D eigenvalue weighted by Gasteiger charge is 2.17. The van der Waals surface area contributed by atoms with Crippen LogP contribution in [0.25, 0.3) is 0 Å². The summed E-state index contributed by atoms with van der Waals surface area (Å²) in [5.41, 5.74) is 2.60. The predicted molar refractivity (Wildman–Crippen MR) is 78.0 cm³/mol. The molecule has 0 aliphatic heterocycles. The first kappa shape index (κ1) is 15.2. The molecule has 0 spiro atoms. The van der Waals surface area contributed by atoms with Crippen LogP contribution in [-0.4, -0.2) is 19.3 Å². The van der Waals surface area contributed by atoms with Gasteiger partial charge in [-0.15, -0.1) is 0 Å². The maximum Gasteiger partial charge on any atom is 0.0746 e. The van der Waals surface area contributed by atoms with Crippen molar-refractivity contribution in [2.75, 3.05) is 13.7 Å². The van der Waals surface area contributed by atoms with Crippen molar-refractivity contribution in [3.63, 3.8) is 0 Å². The van der Waals surface area contributed by atoms with Gasteiger partial charge in [0, 0.05) is 19.7 Å². The Kier molecular flexibility index (Phi) is 5.36. The largest absolute Gasteiger partial charge is 0.377 e. The minimum absolute atomic E-state index is 0.119. The van der Waals surface area contributed by atoms with Crippen LogP contribution in [0.4, 0.5) is 0 Å². The topological polar surface area (TPSA) is 21.3 Å². The van der Waals surface area contributed by atoms with Gasteiger partial charge in [0.15, 0.2) is 0 Å². The Hall–Kier alpha value is -0.860. The van der Waals surface area contributed by atoms with Crippen LogP contribution in [0.1, 0.15) is 57.7 Å². The SMILES string of the molecule is COC(C)(C)CNC(C)c1ccc(C(C)C)cc1. The van der Waals surface area contributed by atoms with Crippen molar-refractivity contribution in [3.05, 3.63) is 35.4 Å². The summed E-state index contributed by atoms with van der Waals surface area (Å²) in [5.74, 6) is 0.592. The normalized spacial score (nSPS) is 13.9. The zero-order chi connectivity index (χ0) is 13.8. The highest BCUT2D eigenvalue weighted by molar-refractivity contribution is 5.26. The molecule has 0 radical (unpaired) electrons. The quantitative estimate of drug-likeness (QED) is 0.826. The fraction of sp³-hybridized carbons (Fsp3) is 0.625. The zero-order valence-electron chi connectivity index (χ0n) is 12.6. The zero-order valence-corrected chi connectivity index (χ0v) is 12.6. The van der Waals surface area contributed by atoms with Crippen molar-refractivity contribution in [1.82, 2.24) is 5.32 Å². The van der Waals surface area contributed by atoms with Gasteiger partial charge in [-0.1, -0.05) is 38.1 Å². The summed E-state index contributed by atoms with van der Waals surface area (Å²) in [7, 11) is 1.75. The van der Waals surface area contributed by atoms with Gasteiger partial charge >= 0.3 is 0 Å². The van der Waals surface area contributed by atoms with Crippen LogP contribution >= 0.6 is 0 Å². The molecule has 0 heterocycles. The van der Waals surface area contributed by atoms with Crippen molar-refractivity contribution in [3.8, 4) is 0 Å². The maximum atomic E-state index is 5.41. The number of hydrogen-bond acceptors (Lipinski definition) is 2. The van der Waals surface area contributed by atoms with Crippen LogP contribution < -0.4 is 5.32 Å². The second-order valence-corrected chi connectivity index (χ2v) is 5.89. The summed E-state index contributed by atoms with van der Waals surface area (Å²) < 4.78 is 5.41. The van der Waals surface area contributed by atoms with Gasteiger partial charge in [0.05, 0.1) is 5.60 Å². The van der Waals surface area contributed by atoms with Gasteiger partial charge in [-0.3, -0.25) is 0 Å². The number of rotatable bonds is 6. The van der Waals surface area contributed by atoms with Gasteiger partial charge in [0.1, 0.15) is 0 Å². The van der Waals surface area contributed by atoms with E-state index < -0.39 is 0 Å². The number of benzene rings is 1. The van der Waals surface area contributed by atoms with E-state index in [1.54, 1.807) is 7.11 Å². The minimum atomic E-state index is -0.119. The monoisotopic (exact) mass is 249 g/mol. The average Bonchev–Trinajstić information content (AvgIpc) is 2.36.